The maximum absolute atomic E-state index is 11.4. The molecule has 2 aromatic rings. The molecule has 0 fully saturated rings. The molecular weight excluding hydrogens is 344 g/mol. The minimum absolute atomic E-state index is 0.0772. The number of nitrogens with zero attached hydrogens (tertiary/aromatic N) is 2. The number of non-ortho nitro benzene ring substituents is 2. The fourth-order valence-corrected chi connectivity index (χ4v) is 4.32. The van der Waals surface area contributed by atoms with Crippen LogP contribution in [0.2, 0.25) is 0 Å². The number of hydrogen-bond acceptors (Lipinski definition) is 4. The molecule has 0 atom stereocenters. The molecule has 0 spiro atoms. The summed E-state index contributed by atoms with van der Waals surface area (Å²) in [4.78, 5) is 22.0. The molecule has 1 aliphatic carbocycles. The van der Waals surface area contributed by atoms with Crippen LogP contribution in [-0.2, 0) is 5.41 Å². The average Bonchev–Trinajstić information content (AvgIpc) is 2.93. The molecule has 0 saturated carbocycles. The third-order valence-corrected chi connectivity index (χ3v) is 5.66. The van der Waals surface area contributed by atoms with Gasteiger partial charge in [0.25, 0.3) is 11.4 Å². The minimum atomic E-state index is -0.394. The lowest BCUT2D eigenvalue weighted by Gasteiger charge is -2.32. The fraction of sp³-hybridized carbons (Fsp3) is 0.429. The monoisotopic (exact) mass is 368 g/mol. The van der Waals surface area contributed by atoms with Gasteiger partial charge in [0.05, 0.1) is 9.85 Å². The van der Waals surface area contributed by atoms with Gasteiger partial charge in [-0.3, -0.25) is 20.2 Å². The summed E-state index contributed by atoms with van der Waals surface area (Å²) in [5, 5.41) is 22.7. The van der Waals surface area contributed by atoms with E-state index in [0.717, 1.165) is 60.8 Å². The summed E-state index contributed by atoms with van der Waals surface area (Å²) >= 11 is 0. The van der Waals surface area contributed by atoms with Gasteiger partial charge in [0.15, 0.2) is 0 Å². The van der Waals surface area contributed by atoms with Gasteiger partial charge in [-0.25, -0.2) is 0 Å². The number of fused-ring (bicyclic) bond motifs is 3. The van der Waals surface area contributed by atoms with Gasteiger partial charge in [-0.05, 0) is 47.2 Å². The highest BCUT2D eigenvalue weighted by atomic mass is 16.6. The second kappa shape index (κ2) is 7.47. The normalized spacial score (nSPS) is 13.9. The van der Waals surface area contributed by atoms with Crippen molar-refractivity contribution in [2.75, 3.05) is 0 Å². The molecule has 6 heteroatoms. The predicted molar refractivity (Wildman–Crippen MR) is 105 cm³/mol. The zero-order valence-electron chi connectivity index (χ0n) is 15.7. The second-order valence-electron chi connectivity index (χ2n) is 7.26. The first kappa shape index (κ1) is 19.0. The van der Waals surface area contributed by atoms with Crippen LogP contribution in [0.1, 0.15) is 63.5 Å². The van der Waals surface area contributed by atoms with E-state index in [-0.39, 0.29) is 21.2 Å². The SMILES string of the molecule is CCCCC1(CCCC)c2cc([N+](=O)[O-])ccc2-c2ccc([N+](=O)[O-])cc21. The van der Waals surface area contributed by atoms with E-state index in [9.17, 15) is 20.2 Å². The van der Waals surface area contributed by atoms with E-state index in [2.05, 4.69) is 13.8 Å². The number of hydrogen-bond donors (Lipinski definition) is 0. The summed E-state index contributed by atoms with van der Waals surface area (Å²) in [6, 6.07) is 10.0. The van der Waals surface area contributed by atoms with Gasteiger partial charge < -0.3 is 0 Å². The van der Waals surface area contributed by atoms with Crippen molar-refractivity contribution in [2.45, 2.75) is 57.8 Å². The first-order valence-corrected chi connectivity index (χ1v) is 9.52. The molecule has 142 valence electrons. The lowest BCUT2D eigenvalue weighted by Crippen LogP contribution is -2.25. The van der Waals surface area contributed by atoms with Crippen LogP contribution in [0.15, 0.2) is 36.4 Å². The van der Waals surface area contributed by atoms with E-state index in [1.165, 1.54) is 12.1 Å². The van der Waals surface area contributed by atoms with E-state index >= 15 is 0 Å². The first-order valence-electron chi connectivity index (χ1n) is 9.52. The smallest absolute Gasteiger partial charge is 0.258 e. The van der Waals surface area contributed by atoms with Gasteiger partial charge >= 0.3 is 0 Å². The van der Waals surface area contributed by atoms with E-state index in [0.29, 0.717) is 0 Å². The Balaban J connectivity index is 2.28. The van der Waals surface area contributed by atoms with Crippen molar-refractivity contribution < 1.29 is 9.85 Å². The third-order valence-electron chi connectivity index (χ3n) is 5.66. The molecule has 0 aromatic heterocycles. The number of unbranched alkanes of at least 4 members (excludes halogenated alkanes) is 2. The summed E-state index contributed by atoms with van der Waals surface area (Å²) in [6.07, 6.45) is 5.62. The molecule has 27 heavy (non-hydrogen) atoms. The van der Waals surface area contributed by atoms with Crippen molar-refractivity contribution in [3.63, 3.8) is 0 Å². The van der Waals surface area contributed by atoms with Crippen LogP contribution >= 0.6 is 0 Å². The molecule has 0 saturated heterocycles. The molecule has 3 rings (SSSR count). The Morgan fingerprint density at radius 2 is 1.19 bits per heavy atom. The van der Waals surface area contributed by atoms with Crippen LogP contribution in [0.3, 0.4) is 0 Å². The fourth-order valence-electron chi connectivity index (χ4n) is 4.32. The lowest BCUT2D eigenvalue weighted by atomic mass is 9.70. The van der Waals surface area contributed by atoms with Crippen LogP contribution in [0, 0.1) is 20.2 Å². The van der Waals surface area contributed by atoms with E-state index in [1.807, 2.05) is 0 Å². The molecule has 0 heterocycles. The Morgan fingerprint density at radius 3 is 1.52 bits per heavy atom. The first-order chi connectivity index (χ1) is 12.9. The highest BCUT2D eigenvalue weighted by Gasteiger charge is 2.43. The molecule has 0 N–H and O–H groups in total. The van der Waals surface area contributed by atoms with Crippen LogP contribution < -0.4 is 0 Å². The van der Waals surface area contributed by atoms with E-state index in [1.54, 1.807) is 24.3 Å². The largest absolute Gasteiger partial charge is 0.269 e. The van der Waals surface area contributed by atoms with Gasteiger partial charge in [0.2, 0.25) is 0 Å². The standard InChI is InChI=1S/C21H24N2O4/c1-3-5-11-21(12-6-4-2)19-13-15(22(24)25)7-9-17(19)18-10-8-16(23(26)27)14-20(18)21/h7-10,13-14H,3-6,11-12H2,1-2H3. The molecule has 0 unspecified atom stereocenters. The number of benzene rings is 2. The van der Waals surface area contributed by atoms with Crippen LogP contribution in [0.5, 0.6) is 0 Å². The number of rotatable bonds is 8. The van der Waals surface area contributed by atoms with Crippen LogP contribution in [0.4, 0.5) is 11.4 Å². The van der Waals surface area contributed by atoms with Crippen molar-refractivity contribution in [3.8, 4) is 11.1 Å². The molecule has 6 nitrogen and oxygen atoms in total. The summed E-state index contributed by atoms with van der Waals surface area (Å²) in [5.74, 6) is 0. The zero-order valence-corrected chi connectivity index (χ0v) is 15.7. The second-order valence-corrected chi connectivity index (χ2v) is 7.26. The summed E-state index contributed by atoms with van der Waals surface area (Å²) in [5.41, 5.74) is 3.61. The summed E-state index contributed by atoms with van der Waals surface area (Å²) < 4.78 is 0. The zero-order chi connectivity index (χ0) is 19.6. The third kappa shape index (κ3) is 3.20. The topological polar surface area (TPSA) is 86.3 Å². The molecule has 2 aromatic carbocycles. The molecule has 0 aliphatic heterocycles. The quantitative estimate of drug-likeness (QED) is 0.413. The van der Waals surface area contributed by atoms with E-state index < -0.39 is 5.41 Å². The van der Waals surface area contributed by atoms with Gasteiger partial charge in [0.1, 0.15) is 0 Å². The summed E-state index contributed by atoms with van der Waals surface area (Å²) in [7, 11) is 0. The molecule has 0 amide bonds. The van der Waals surface area contributed by atoms with Gasteiger partial charge in [-0.2, -0.15) is 0 Å². The Hall–Kier alpha value is -2.76. The van der Waals surface area contributed by atoms with Gasteiger partial charge in [-0.1, -0.05) is 39.5 Å². The van der Waals surface area contributed by atoms with Crippen molar-refractivity contribution in [1.29, 1.82) is 0 Å². The number of nitro benzene ring substituents is 2. The highest BCUT2D eigenvalue weighted by Crippen LogP contribution is 2.55. The predicted octanol–water partition coefficient (Wildman–Crippen LogP) is 6.15. The number of nitro groups is 2. The maximum atomic E-state index is 11.4. The van der Waals surface area contributed by atoms with Crippen molar-refractivity contribution in [2.24, 2.45) is 0 Å². The Morgan fingerprint density at radius 1 is 0.778 bits per heavy atom. The Bertz CT molecular complexity index is 818. The van der Waals surface area contributed by atoms with Gasteiger partial charge in [-0.15, -0.1) is 0 Å². The van der Waals surface area contributed by atoms with Crippen molar-refractivity contribution in [1.82, 2.24) is 0 Å². The van der Waals surface area contributed by atoms with Crippen LogP contribution in [0.25, 0.3) is 11.1 Å². The highest BCUT2D eigenvalue weighted by molar-refractivity contribution is 5.83. The van der Waals surface area contributed by atoms with Crippen molar-refractivity contribution >= 4 is 11.4 Å². The maximum Gasteiger partial charge on any atom is 0.269 e. The molecule has 0 bridgehead atoms. The van der Waals surface area contributed by atoms with Gasteiger partial charge in [0, 0.05) is 29.7 Å². The average molecular weight is 368 g/mol. The molecular formula is C21H24N2O4. The minimum Gasteiger partial charge on any atom is -0.258 e. The molecule has 1 aliphatic rings. The Labute approximate surface area is 158 Å². The van der Waals surface area contributed by atoms with Crippen molar-refractivity contribution in [3.05, 3.63) is 67.8 Å². The van der Waals surface area contributed by atoms with Crippen LogP contribution in [-0.4, -0.2) is 9.85 Å². The lowest BCUT2D eigenvalue weighted by molar-refractivity contribution is -0.385. The summed E-state index contributed by atoms with van der Waals surface area (Å²) in [6.45, 7) is 4.23. The Kier molecular flexibility index (Phi) is 5.26. The molecule has 0 radical (unpaired) electrons. The van der Waals surface area contributed by atoms with E-state index in [4.69, 9.17) is 0 Å².